The summed E-state index contributed by atoms with van der Waals surface area (Å²) in [5, 5.41) is 18.2. The molecule has 50 heavy (non-hydrogen) atoms. The number of carbonyl (C=O) groups is 3. The Morgan fingerprint density at radius 2 is 1.70 bits per heavy atom. The van der Waals surface area contributed by atoms with E-state index in [1.54, 1.807) is 66.2 Å². The molecular weight excluding hydrogens is 632 g/mol. The number of likely N-dealkylation sites (N-methyl/N-ethyl adjacent to an activating group) is 1. The van der Waals surface area contributed by atoms with Crippen LogP contribution in [0.3, 0.4) is 0 Å². The van der Waals surface area contributed by atoms with Gasteiger partial charge in [-0.2, -0.15) is 0 Å². The van der Waals surface area contributed by atoms with Crippen molar-refractivity contribution in [3.8, 4) is 5.75 Å². The van der Waals surface area contributed by atoms with Crippen LogP contribution in [0.25, 0.3) is 10.8 Å². The number of anilines is 2. The van der Waals surface area contributed by atoms with Gasteiger partial charge in [0, 0.05) is 49.3 Å². The lowest BCUT2D eigenvalue weighted by Crippen LogP contribution is -2.48. The molecule has 0 bridgehead atoms. The minimum atomic E-state index is -0.529. The van der Waals surface area contributed by atoms with Gasteiger partial charge in [0.05, 0.1) is 36.1 Å². The molecular formula is C40H48N4O6. The number of fused-ring (bicyclic) bond motifs is 2. The van der Waals surface area contributed by atoms with Gasteiger partial charge in [0.15, 0.2) is 0 Å². The summed E-state index contributed by atoms with van der Waals surface area (Å²) in [6.07, 6.45) is 1.81. The summed E-state index contributed by atoms with van der Waals surface area (Å²) in [6.45, 7) is 6.53. The molecule has 1 aliphatic heterocycles. The molecule has 0 aliphatic carbocycles. The Hall–Kier alpha value is -4.93. The lowest BCUT2D eigenvalue weighted by Gasteiger charge is -2.35. The number of nitrogens with one attached hydrogen (secondary N) is 2. The topological polar surface area (TPSA) is 120 Å². The molecule has 4 atom stereocenters. The zero-order chi connectivity index (χ0) is 35.6. The third-order valence-electron chi connectivity index (χ3n) is 9.18. The number of aliphatic hydroxyl groups is 1. The smallest absolute Gasteiger partial charge is 0.321 e. The van der Waals surface area contributed by atoms with Crippen molar-refractivity contribution in [1.29, 1.82) is 0 Å². The third kappa shape index (κ3) is 9.19. The molecule has 10 nitrogen and oxygen atoms in total. The van der Waals surface area contributed by atoms with Crippen LogP contribution in [0, 0.1) is 5.92 Å². The number of hydrogen-bond donors (Lipinski definition) is 3. The quantitative estimate of drug-likeness (QED) is 0.192. The first kappa shape index (κ1) is 36.4. The second-order valence-corrected chi connectivity index (χ2v) is 13.2. The molecule has 4 aromatic rings. The Morgan fingerprint density at radius 3 is 2.48 bits per heavy atom. The molecule has 0 fully saturated rings. The fourth-order valence-corrected chi connectivity index (χ4v) is 6.15. The summed E-state index contributed by atoms with van der Waals surface area (Å²) in [7, 11) is 1.74. The maximum absolute atomic E-state index is 14.4. The number of rotatable bonds is 7. The monoisotopic (exact) mass is 680 g/mol. The van der Waals surface area contributed by atoms with Crippen LogP contribution < -0.4 is 15.4 Å². The van der Waals surface area contributed by atoms with Crippen LogP contribution in [-0.2, 0) is 4.74 Å². The molecule has 4 aromatic carbocycles. The molecule has 264 valence electrons. The first-order chi connectivity index (χ1) is 24.1. The van der Waals surface area contributed by atoms with Gasteiger partial charge in [0.25, 0.3) is 11.8 Å². The Morgan fingerprint density at radius 1 is 0.960 bits per heavy atom. The van der Waals surface area contributed by atoms with E-state index < -0.39 is 12.1 Å². The first-order valence-electron chi connectivity index (χ1n) is 17.3. The fraction of sp³-hybridized carbons (Fsp3) is 0.375. The van der Waals surface area contributed by atoms with Gasteiger partial charge in [-0.15, -0.1) is 0 Å². The minimum absolute atomic E-state index is 0.184. The molecule has 0 aromatic heterocycles. The lowest BCUT2D eigenvalue weighted by atomic mass is 10.0. The molecule has 0 spiro atoms. The van der Waals surface area contributed by atoms with Crippen molar-refractivity contribution in [2.45, 2.75) is 58.3 Å². The van der Waals surface area contributed by atoms with Gasteiger partial charge in [-0.05, 0) is 74.9 Å². The van der Waals surface area contributed by atoms with Crippen molar-refractivity contribution < 1.29 is 29.0 Å². The normalized spacial score (nSPS) is 19.4. The Labute approximate surface area is 294 Å². The maximum Gasteiger partial charge on any atom is 0.321 e. The summed E-state index contributed by atoms with van der Waals surface area (Å²) in [5.41, 5.74) is 1.96. The number of benzene rings is 4. The van der Waals surface area contributed by atoms with Crippen LogP contribution in [0.4, 0.5) is 16.2 Å². The van der Waals surface area contributed by atoms with Crippen LogP contribution in [-0.4, -0.2) is 84.4 Å². The Kier molecular flexibility index (Phi) is 12.5. The predicted octanol–water partition coefficient (Wildman–Crippen LogP) is 7.05. The largest absolute Gasteiger partial charge is 0.490 e. The summed E-state index contributed by atoms with van der Waals surface area (Å²) in [5.74, 6) is -0.434. The van der Waals surface area contributed by atoms with Crippen molar-refractivity contribution in [2.75, 3.05) is 44.0 Å². The number of nitrogens with zero attached hydrogens (tertiary/aromatic N) is 2. The van der Waals surface area contributed by atoms with E-state index in [0.717, 1.165) is 35.7 Å². The number of aliphatic hydroxyl groups excluding tert-OH is 1. The van der Waals surface area contributed by atoms with Crippen LogP contribution in [0.1, 0.15) is 60.7 Å². The van der Waals surface area contributed by atoms with Gasteiger partial charge in [0.1, 0.15) is 5.75 Å². The van der Waals surface area contributed by atoms with E-state index in [1.807, 2.05) is 62.4 Å². The van der Waals surface area contributed by atoms with Gasteiger partial charge >= 0.3 is 6.03 Å². The zero-order valence-corrected chi connectivity index (χ0v) is 29.3. The molecule has 0 saturated carbocycles. The molecule has 5 rings (SSSR count). The summed E-state index contributed by atoms with van der Waals surface area (Å²) >= 11 is 0. The van der Waals surface area contributed by atoms with E-state index in [-0.39, 0.29) is 48.6 Å². The lowest BCUT2D eigenvalue weighted by molar-refractivity contribution is -0.0115. The van der Waals surface area contributed by atoms with Gasteiger partial charge in [-0.25, -0.2) is 4.79 Å². The molecule has 1 aliphatic rings. The molecule has 10 heteroatoms. The molecule has 0 saturated heterocycles. The number of urea groups is 1. The SMILES string of the molecule is C[C@@H]1CCCCO[C@@H](CN(C)C(=O)Nc2cccc3ccccc23)[C@@H](C)CN([C@H](C)CO)C(=O)c2cc(NC(=O)c3ccccc3)ccc2O1. The molecule has 0 radical (unpaired) electrons. The van der Waals surface area contributed by atoms with E-state index in [0.29, 0.717) is 30.2 Å². The highest BCUT2D eigenvalue weighted by Gasteiger charge is 2.31. The highest BCUT2D eigenvalue weighted by Crippen LogP contribution is 2.29. The van der Waals surface area contributed by atoms with E-state index in [4.69, 9.17) is 9.47 Å². The van der Waals surface area contributed by atoms with Gasteiger partial charge in [0.2, 0.25) is 0 Å². The second kappa shape index (κ2) is 17.1. The molecule has 4 amide bonds. The molecule has 3 N–H and O–H groups in total. The summed E-state index contributed by atoms with van der Waals surface area (Å²) in [6, 6.07) is 26.9. The van der Waals surface area contributed by atoms with Crippen LogP contribution in [0.2, 0.25) is 0 Å². The molecule has 0 unspecified atom stereocenters. The Balaban J connectivity index is 1.38. The molecule has 1 heterocycles. The summed E-state index contributed by atoms with van der Waals surface area (Å²) < 4.78 is 12.7. The summed E-state index contributed by atoms with van der Waals surface area (Å²) in [4.78, 5) is 44.1. The first-order valence-corrected chi connectivity index (χ1v) is 17.3. The highest BCUT2D eigenvalue weighted by molar-refractivity contribution is 6.05. The van der Waals surface area contributed by atoms with E-state index in [2.05, 4.69) is 10.6 Å². The minimum Gasteiger partial charge on any atom is -0.490 e. The standard InChI is InChI=1S/C40H48N4O6/c1-27-24-44(28(2)26-45)39(47)34-23-32(41-38(46)31-15-6-5-7-16-31)20-21-36(34)50-29(3)13-10-11-22-49-37(27)25-43(4)40(48)42-35-19-12-17-30-14-8-9-18-33(30)35/h5-9,12,14-21,23,27-29,37,45H,10-11,13,22,24-26H2,1-4H3,(H,41,46)(H,42,48)/t27-,28+,29+,37-/m0/s1. The number of ether oxygens (including phenoxy) is 2. The van der Waals surface area contributed by atoms with Crippen molar-refractivity contribution in [3.05, 3.63) is 102 Å². The number of amides is 4. The van der Waals surface area contributed by atoms with Gasteiger partial charge in [-0.1, -0.05) is 61.5 Å². The average Bonchev–Trinajstić information content (AvgIpc) is 3.13. The number of carbonyl (C=O) groups excluding carboxylic acids is 3. The fourth-order valence-electron chi connectivity index (χ4n) is 6.15. The van der Waals surface area contributed by atoms with Crippen LogP contribution in [0.15, 0.2) is 91.0 Å². The van der Waals surface area contributed by atoms with E-state index in [1.165, 1.54) is 0 Å². The van der Waals surface area contributed by atoms with E-state index >= 15 is 0 Å². The Bertz CT molecular complexity index is 1760. The predicted molar refractivity (Wildman–Crippen MR) is 197 cm³/mol. The van der Waals surface area contributed by atoms with Crippen LogP contribution in [0.5, 0.6) is 5.75 Å². The zero-order valence-electron chi connectivity index (χ0n) is 29.3. The second-order valence-electron chi connectivity index (χ2n) is 13.2. The average molecular weight is 681 g/mol. The maximum atomic E-state index is 14.4. The number of hydrogen-bond acceptors (Lipinski definition) is 6. The highest BCUT2D eigenvalue weighted by atomic mass is 16.5. The van der Waals surface area contributed by atoms with Crippen LogP contribution >= 0.6 is 0 Å². The van der Waals surface area contributed by atoms with Crippen molar-refractivity contribution in [3.63, 3.8) is 0 Å². The van der Waals surface area contributed by atoms with Gasteiger partial charge in [-0.3, -0.25) is 9.59 Å². The van der Waals surface area contributed by atoms with Crippen molar-refractivity contribution >= 4 is 40.0 Å². The van der Waals surface area contributed by atoms with Crippen molar-refractivity contribution in [2.24, 2.45) is 5.92 Å². The van der Waals surface area contributed by atoms with Gasteiger partial charge < -0.3 is 35.0 Å². The van der Waals surface area contributed by atoms with Crippen molar-refractivity contribution in [1.82, 2.24) is 9.80 Å². The third-order valence-corrected chi connectivity index (χ3v) is 9.18. The van der Waals surface area contributed by atoms with E-state index in [9.17, 15) is 19.5 Å².